The van der Waals surface area contributed by atoms with E-state index in [0.29, 0.717) is 17.8 Å². The Balaban J connectivity index is 1.70. The van der Waals surface area contributed by atoms with Gasteiger partial charge in [-0.3, -0.25) is 9.59 Å². The van der Waals surface area contributed by atoms with Gasteiger partial charge >= 0.3 is 11.9 Å². The fourth-order valence-corrected chi connectivity index (χ4v) is 4.34. The number of carbonyl (C=O) groups is 2. The zero-order valence-corrected chi connectivity index (χ0v) is 9.91. The number of benzene rings is 1. The number of hydrogen-bond acceptors (Lipinski definition) is 3. The Morgan fingerprint density at radius 3 is 2.44 bits per heavy atom. The van der Waals surface area contributed by atoms with Gasteiger partial charge in [-0.1, -0.05) is 30.3 Å². The van der Waals surface area contributed by atoms with Crippen molar-refractivity contribution in [3.8, 4) is 0 Å². The molecule has 0 radical (unpaired) electrons. The Hall–Kier alpha value is -1.64. The molecule has 3 nitrogen and oxygen atoms in total. The number of rotatable bonds is 1. The standard InChI is InChI=1S/C15H14O3/c16-14-12-9-6-10(8-4-2-1-3-5-8)11(7-9)13(12)15(17)18-14/h1-5,9-13H,6-7H2/t9-,10+,11-,12-,13+/m1/s1. The molecule has 2 saturated carbocycles. The van der Waals surface area contributed by atoms with Crippen LogP contribution in [-0.4, -0.2) is 11.9 Å². The SMILES string of the molecule is O=C1OC(=O)[C@H]2[C@@H]3C[C@@H](C[C@H]3c3ccccc3)[C@@H]12. The minimum Gasteiger partial charge on any atom is -0.393 e. The van der Waals surface area contributed by atoms with Gasteiger partial charge in [-0.05, 0) is 36.2 Å². The maximum Gasteiger partial charge on any atom is 0.317 e. The largest absolute Gasteiger partial charge is 0.393 e. The molecule has 18 heavy (non-hydrogen) atoms. The van der Waals surface area contributed by atoms with Gasteiger partial charge in [0.1, 0.15) is 0 Å². The quantitative estimate of drug-likeness (QED) is 0.559. The third-order valence-corrected chi connectivity index (χ3v) is 4.98. The molecule has 0 unspecified atom stereocenters. The van der Waals surface area contributed by atoms with Crippen molar-refractivity contribution >= 4 is 11.9 Å². The molecule has 0 amide bonds. The van der Waals surface area contributed by atoms with Crippen LogP contribution in [0.15, 0.2) is 30.3 Å². The summed E-state index contributed by atoms with van der Waals surface area (Å²) in [5, 5.41) is 0. The van der Waals surface area contributed by atoms with E-state index in [1.165, 1.54) is 5.56 Å². The highest BCUT2D eigenvalue weighted by molar-refractivity contribution is 5.97. The first kappa shape index (κ1) is 10.3. The molecule has 1 aromatic carbocycles. The van der Waals surface area contributed by atoms with Gasteiger partial charge < -0.3 is 4.74 Å². The summed E-state index contributed by atoms with van der Waals surface area (Å²) in [5.41, 5.74) is 1.30. The lowest BCUT2D eigenvalue weighted by atomic mass is 9.73. The van der Waals surface area contributed by atoms with Crippen molar-refractivity contribution in [3.05, 3.63) is 35.9 Å². The Morgan fingerprint density at radius 2 is 1.67 bits per heavy atom. The number of cyclic esters (lactones) is 2. The smallest absolute Gasteiger partial charge is 0.317 e. The minimum absolute atomic E-state index is 0.137. The average molecular weight is 242 g/mol. The highest BCUT2D eigenvalue weighted by atomic mass is 16.6. The molecule has 3 fully saturated rings. The molecule has 0 aromatic heterocycles. The molecule has 1 heterocycles. The first-order valence-electron chi connectivity index (χ1n) is 6.56. The van der Waals surface area contributed by atoms with Crippen LogP contribution >= 0.6 is 0 Å². The third-order valence-electron chi connectivity index (χ3n) is 4.98. The van der Waals surface area contributed by atoms with Crippen LogP contribution in [0.25, 0.3) is 0 Å². The highest BCUT2D eigenvalue weighted by Crippen LogP contribution is 2.61. The van der Waals surface area contributed by atoms with E-state index in [4.69, 9.17) is 4.74 Å². The summed E-state index contributed by atoms with van der Waals surface area (Å²) >= 11 is 0. The van der Waals surface area contributed by atoms with E-state index in [9.17, 15) is 9.59 Å². The summed E-state index contributed by atoms with van der Waals surface area (Å²) < 4.78 is 4.82. The van der Waals surface area contributed by atoms with Crippen molar-refractivity contribution < 1.29 is 14.3 Å². The maximum atomic E-state index is 11.8. The maximum absolute atomic E-state index is 11.8. The summed E-state index contributed by atoms with van der Waals surface area (Å²) in [6.07, 6.45) is 2.04. The number of esters is 2. The van der Waals surface area contributed by atoms with Crippen molar-refractivity contribution in [1.82, 2.24) is 0 Å². The van der Waals surface area contributed by atoms with Gasteiger partial charge in [-0.15, -0.1) is 0 Å². The van der Waals surface area contributed by atoms with Crippen LogP contribution in [0.4, 0.5) is 0 Å². The average Bonchev–Trinajstić information content (AvgIpc) is 3.03. The van der Waals surface area contributed by atoms with Crippen LogP contribution in [0.2, 0.25) is 0 Å². The van der Waals surface area contributed by atoms with Crippen molar-refractivity contribution in [2.45, 2.75) is 18.8 Å². The molecule has 0 spiro atoms. The number of hydrogen-bond donors (Lipinski definition) is 0. The third kappa shape index (κ3) is 1.19. The molecular formula is C15H14O3. The lowest BCUT2D eigenvalue weighted by Gasteiger charge is -2.27. The fraction of sp³-hybridized carbons (Fsp3) is 0.467. The summed E-state index contributed by atoms with van der Waals surface area (Å²) in [4.78, 5) is 23.4. The molecule has 3 heteroatoms. The molecule has 1 aliphatic heterocycles. The molecule has 2 bridgehead atoms. The summed E-state index contributed by atoms with van der Waals surface area (Å²) in [5.74, 6) is 0.229. The summed E-state index contributed by atoms with van der Waals surface area (Å²) in [6, 6.07) is 10.3. The molecule has 5 atom stereocenters. The monoisotopic (exact) mass is 242 g/mol. The number of fused-ring (bicyclic) bond motifs is 5. The van der Waals surface area contributed by atoms with Crippen LogP contribution in [0.1, 0.15) is 24.3 Å². The lowest BCUT2D eigenvalue weighted by Crippen LogP contribution is -2.29. The van der Waals surface area contributed by atoms with Gasteiger partial charge in [0, 0.05) is 0 Å². The molecular weight excluding hydrogens is 228 g/mol. The zero-order valence-electron chi connectivity index (χ0n) is 9.91. The summed E-state index contributed by atoms with van der Waals surface area (Å²) in [6.45, 7) is 0. The second kappa shape index (κ2) is 3.44. The second-order valence-electron chi connectivity index (χ2n) is 5.70. The molecule has 1 saturated heterocycles. The van der Waals surface area contributed by atoms with Crippen molar-refractivity contribution in [1.29, 1.82) is 0 Å². The number of carbonyl (C=O) groups excluding carboxylic acids is 2. The predicted octanol–water partition coefficient (Wildman–Crippen LogP) is 2.13. The van der Waals surface area contributed by atoms with Gasteiger partial charge in [0.15, 0.2) is 0 Å². The zero-order chi connectivity index (χ0) is 12.3. The molecule has 1 aromatic rings. The second-order valence-corrected chi connectivity index (χ2v) is 5.70. The summed E-state index contributed by atoms with van der Waals surface area (Å²) in [7, 11) is 0. The molecule has 3 aliphatic rings. The normalized spacial score (nSPS) is 41.0. The van der Waals surface area contributed by atoms with E-state index in [1.807, 2.05) is 18.2 Å². The minimum atomic E-state index is -0.280. The highest BCUT2D eigenvalue weighted by Gasteiger charge is 2.62. The van der Waals surface area contributed by atoms with E-state index in [-0.39, 0.29) is 23.8 Å². The molecule has 2 aliphatic carbocycles. The van der Waals surface area contributed by atoms with E-state index in [0.717, 1.165) is 12.8 Å². The van der Waals surface area contributed by atoms with Crippen LogP contribution < -0.4 is 0 Å². The van der Waals surface area contributed by atoms with Gasteiger partial charge in [-0.25, -0.2) is 0 Å². The van der Waals surface area contributed by atoms with Crippen molar-refractivity contribution in [2.75, 3.05) is 0 Å². The first-order valence-corrected chi connectivity index (χ1v) is 6.56. The van der Waals surface area contributed by atoms with E-state index >= 15 is 0 Å². The van der Waals surface area contributed by atoms with Crippen molar-refractivity contribution in [3.63, 3.8) is 0 Å². The Morgan fingerprint density at radius 1 is 0.944 bits per heavy atom. The predicted molar refractivity (Wildman–Crippen MR) is 63.5 cm³/mol. The first-order chi connectivity index (χ1) is 8.75. The molecule has 0 N–H and O–H groups in total. The van der Waals surface area contributed by atoms with Gasteiger partial charge in [-0.2, -0.15) is 0 Å². The lowest BCUT2D eigenvalue weighted by molar-refractivity contribution is -0.154. The van der Waals surface area contributed by atoms with Crippen molar-refractivity contribution in [2.24, 2.45) is 23.7 Å². The fourth-order valence-electron chi connectivity index (χ4n) is 4.34. The topological polar surface area (TPSA) is 43.4 Å². The Bertz CT molecular complexity index is 522. The van der Waals surface area contributed by atoms with Crippen LogP contribution in [0.3, 0.4) is 0 Å². The van der Waals surface area contributed by atoms with E-state index < -0.39 is 0 Å². The van der Waals surface area contributed by atoms with Gasteiger partial charge in [0.2, 0.25) is 0 Å². The van der Waals surface area contributed by atoms with E-state index in [1.54, 1.807) is 0 Å². The Kier molecular flexibility index (Phi) is 1.97. The van der Waals surface area contributed by atoms with Gasteiger partial charge in [0.05, 0.1) is 11.8 Å². The van der Waals surface area contributed by atoms with Crippen LogP contribution in [0, 0.1) is 23.7 Å². The van der Waals surface area contributed by atoms with Gasteiger partial charge in [0.25, 0.3) is 0 Å². The van der Waals surface area contributed by atoms with E-state index in [2.05, 4.69) is 12.1 Å². The molecule has 92 valence electrons. The molecule has 4 rings (SSSR count). The Labute approximate surface area is 105 Å². The number of ether oxygens (including phenoxy) is 1. The van der Waals surface area contributed by atoms with Crippen LogP contribution in [0.5, 0.6) is 0 Å². The van der Waals surface area contributed by atoms with Crippen LogP contribution in [-0.2, 0) is 14.3 Å².